The third-order valence-corrected chi connectivity index (χ3v) is 8.25. The topological polar surface area (TPSA) is 64.4 Å². The van der Waals surface area contributed by atoms with Gasteiger partial charge < -0.3 is 9.64 Å². The third-order valence-electron chi connectivity index (χ3n) is 5.14. The van der Waals surface area contributed by atoms with E-state index in [-0.39, 0.29) is 11.2 Å². The van der Waals surface area contributed by atoms with E-state index in [0.29, 0.717) is 18.9 Å². The van der Waals surface area contributed by atoms with Crippen LogP contribution in [-0.4, -0.2) is 48.9 Å². The molecule has 8 heteroatoms. The Kier molecular flexibility index (Phi) is 4.24. The quantitative estimate of drug-likeness (QED) is 0.658. The first-order valence-electron chi connectivity index (χ1n) is 8.23. The van der Waals surface area contributed by atoms with Crippen molar-refractivity contribution in [2.24, 2.45) is 5.92 Å². The molecule has 24 heavy (non-hydrogen) atoms. The fourth-order valence-corrected chi connectivity index (χ4v) is 6.62. The van der Waals surface area contributed by atoms with Gasteiger partial charge in [0, 0.05) is 29.1 Å². The van der Waals surface area contributed by atoms with Crippen LogP contribution in [0, 0.1) is 9.49 Å². The van der Waals surface area contributed by atoms with E-state index in [1.54, 1.807) is 12.4 Å². The lowest BCUT2D eigenvalue weighted by molar-refractivity contribution is 0.123. The van der Waals surface area contributed by atoms with Crippen LogP contribution in [0.25, 0.3) is 11.0 Å². The molecular formula is C16H20IN3O3S. The van der Waals surface area contributed by atoms with E-state index in [1.165, 1.54) is 3.97 Å². The minimum absolute atomic E-state index is 0.215. The van der Waals surface area contributed by atoms with Gasteiger partial charge in [-0.2, -0.15) is 0 Å². The fraction of sp³-hybridized carbons (Fsp3) is 0.562. The summed E-state index contributed by atoms with van der Waals surface area (Å²) in [7, 11) is -3.40. The summed E-state index contributed by atoms with van der Waals surface area (Å²) in [5, 5.41) is 0.633. The minimum atomic E-state index is -3.40. The SMILES string of the molecule is C[C@H]1CCC1S(=O)(=O)n1cc(I)c2c(N3CCOCC3)ccnc21. The Morgan fingerprint density at radius 1 is 1.29 bits per heavy atom. The highest BCUT2D eigenvalue weighted by molar-refractivity contribution is 14.1. The van der Waals surface area contributed by atoms with Crippen LogP contribution in [0.4, 0.5) is 5.69 Å². The Hall–Kier alpha value is -0.870. The first-order chi connectivity index (χ1) is 11.5. The summed E-state index contributed by atoms with van der Waals surface area (Å²) in [6, 6.07) is 1.97. The lowest BCUT2D eigenvalue weighted by Crippen LogP contribution is -2.40. The molecule has 0 spiro atoms. The molecular weight excluding hydrogens is 441 g/mol. The normalized spacial score (nSPS) is 25.0. The number of hydrogen-bond acceptors (Lipinski definition) is 5. The highest BCUT2D eigenvalue weighted by atomic mass is 127. The zero-order valence-electron chi connectivity index (χ0n) is 13.5. The molecule has 2 aliphatic rings. The third kappa shape index (κ3) is 2.53. The molecule has 1 unspecified atom stereocenters. The van der Waals surface area contributed by atoms with Crippen molar-refractivity contribution in [2.45, 2.75) is 25.0 Å². The van der Waals surface area contributed by atoms with Gasteiger partial charge >= 0.3 is 0 Å². The Labute approximate surface area is 155 Å². The smallest absolute Gasteiger partial charge is 0.243 e. The average Bonchev–Trinajstić information content (AvgIpc) is 2.92. The molecule has 1 saturated heterocycles. The highest BCUT2D eigenvalue weighted by Crippen LogP contribution is 2.38. The molecule has 2 aromatic rings. The monoisotopic (exact) mass is 461 g/mol. The van der Waals surface area contributed by atoms with Crippen LogP contribution >= 0.6 is 22.6 Å². The molecule has 0 aromatic carbocycles. The van der Waals surface area contributed by atoms with Gasteiger partial charge in [-0.25, -0.2) is 17.4 Å². The maximum Gasteiger partial charge on any atom is 0.243 e. The second-order valence-electron chi connectivity index (χ2n) is 6.54. The molecule has 4 rings (SSSR count). The number of nitrogens with zero attached hydrogens (tertiary/aromatic N) is 3. The fourth-order valence-electron chi connectivity index (χ4n) is 3.55. The number of ether oxygens (including phenoxy) is 1. The second kappa shape index (κ2) is 6.14. The number of rotatable bonds is 3. The van der Waals surface area contributed by atoms with E-state index < -0.39 is 10.0 Å². The summed E-state index contributed by atoms with van der Waals surface area (Å²) >= 11 is 2.22. The van der Waals surface area contributed by atoms with E-state index in [2.05, 4.69) is 32.5 Å². The lowest BCUT2D eigenvalue weighted by atomic mass is 9.87. The van der Waals surface area contributed by atoms with Crippen molar-refractivity contribution < 1.29 is 13.2 Å². The number of aromatic nitrogens is 2. The second-order valence-corrected chi connectivity index (χ2v) is 9.73. The molecule has 3 heterocycles. The van der Waals surface area contributed by atoms with E-state index in [1.807, 2.05) is 13.0 Å². The summed E-state index contributed by atoms with van der Waals surface area (Å²) < 4.78 is 33.8. The Balaban J connectivity index is 1.84. The highest BCUT2D eigenvalue weighted by Gasteiger charge is 2.40. The van der Waals surface area contributed by atoms with Gasteiger partial charge in [0.25, 0.3) is 0 Å². The maximum atomic E-state index is 13.0. The molecule has 0 N–H and O–H groups in total. The van der Waals surface area contributed by atoms with Crippen molar-refractivity contribution in [3.05, 3.63) is 22.0 Å². The minimum Gasteiger partial charge on any atom is -0.378 e. The maximum absolute atomic E-state index is 13.0. The van der Waals surface area contributed by atoms with Crippen molar-refractivity contribution >= 4 is 49.3 Å². The predicted molar refractivity (Wildman–Crippen MR) is 102 cm³/mol. The van der Waals surface area contributed by atoms with Gasteiger partial charge in [-0.05, 0) is 47.4 Å². The van der Waals surface area contributed by atoms with Crippen molar-refractivity contribution in [1.82, 2.24) is 8.96 Å². The number of pyridine rings is 1. The van der Waals surface area contributed by atoms with E-state index >= 15 is 0 Å². The van der Waals surface area contributed by atoms with Crippen LogP contribution in [0.3, 0.4) is 0 Å². The Morgan fingerprint density at radius 2 is 2.04 bits per heavy atom. The first-order valence-corrected chi connectivity index (χ1v) is 10.8. The van der Waals surface area contributed by atoms with Crippen LogP contribution in [0.5, 0.6) is 0 Å². The predicted octanol–water partition coefficient (Wildman–Crippen LogP) is 2.45. The van der Waals surface area contributed by atoms with Crippen molar-refractivity contribution in [3.63, 3.8) is 0 Å². The zero-order valence-corrected chi connectivity index (χ0v) is 16.5. The Morgan fingerprint density at radius 3 is 2.67 bits per heavy atom. The molecule has 6 nitrogen and oxygen atoms in total. The molecule has 2 aromatic heterocycles. The molecule has 0 amide bonds. The molecule has 1 aliphatic carbocycles. The number of anilines is 1. The number of morpholine rings is 1. The van der Waals surface area contributed by atoms with Crippen LogP contribution in [0.15, 0.2) is 18.5 Å². The van der Waals surface area contributed by atoms with Crippen LogP contribution < -0.4 is 4.90 Å². The number of fused-ring (bicyclic) bond motifs is 1. The van der Waals surface area contributed by atoms with Gasteiger partial charge in [-0.3, -0.25) is 0 Å². The van der Waals surface area contributed by atoms with Crippen molar-refractivity contribution in [1.29, 1.82) is 0 Å². The van der Waals surface area contributed by atoms with Crippen LogP contribution in [0.2, 0.25) is 0 Å². The van der Waals surface area contributed by atoms with E-state index in [0.717, 1.165) is 40.6 Å². The molecule has 2 fully saturated rings. The van der Waals surface area contributed by atoms with Gasteiger partial charge in [-0.15, -0.1) is 0 Å². The molecule has 1 aliphatic heterocycles. The van der Waals surface area contributed by atoms with Crippen LogP contribution in [0.1, 0.15) is 19.8 Å². The molecule has 0 radical (unpaired) electrons. The van der Waals surface area contributed by atoms with Gasteiger partial charge in [-0.1, -0.05) is 6.92 Å². The van der Waals surface area contributed by atoms with Crippen molar-refractivity contribution in [3.8, 4) is 0 Å². The van der Waals surface area contributed by atoms with E-state index in [4.69, 9.17) is 4.74 Å². The molecule has 130 valence electrons. The van der Waals surface area contributed by atoms with E-state index in [9.17, 15) is 8.42 Å². The number of halogens is 1. The standard InChI is InChI=1S/C16H20IN3O3S/c1-11-2-3-14(11)24(21,22)20-10-12(17)15-13(4-5-18-16(15)20)19-6-8-23-9-7-19/h4-5,10-11,14H,2-3,6-9H2,1H3/t11-,14?/m0/s1. The van der Waals surface area contributed by atoms with Gasteiger partial charge in [0.15, 0.2) is 5.65 Å². The zero-order chi connectivity index (χ0) is 16.9. The summed E-state index contributed by atoms with van der Waals surface area (Å²) in [6.07, 6.45) is 5.15. The van der Waals surface area contributed by atoms with Crippen LogP contribution in [-0.2, 0) is 14.8 Å². The van der Waals surface area contributed by atoms with Gasteiger partial charge in [0.2, 0.25) is 10.0 Å². The lowest BCUT2D eigenvalue weighted by Gasteiger charge is -2.33. The first kappa shape index (κ1) is 16.6. The molecule has 1 saturated carbocycles. The average molecular weight is 461 g/mol. The van der Waals surface area contributed by atoms with Gasteiger partial charge in [0.1, 0.15) is 0 Å². The summed E-state index contributed by atoms with van der Waals surface area (Å²) in [6.45, 7) is 5.02. The summed E-state index contributed by atoms with van der Waals surface area (Å²) in [5.41, 5.74) is 1.59. The summed E-state index contributed by atoms with van der Waals surface area (Å²) in [4.78, 5) is 6.66. The van der Waals surface area contributed by atoms with Crippen molar-refractivity contribution in [2.75, 3.05) is 31.2 Å². The summed E-state index contributed by atoms with van der Waals surface area (Å²) in [5.74, 6) is 0.215. The Bertz CT molecular complexity index is 874. The largest absolute Gasteiger partial charge is 0.378 e. The molecule has 0 bridgehead atoms. The van der Waals surface area contributed by atoms with Gasteiger partial charge in [0.05, 0.1) is 29.5 Å². The molecule has 2 atom stereocenters. The number of hydrogen-bond donors (Lipinski definition) is 0.